The molecule has 28 heavy (non-hydrogen) atoms. The van der Waals surface area contributed by atoms with Gasteiger partial charge in [0.2, 0.25) is 0 Å². The Morgan fingerprint density at radius 2 is 1.00 bits per heavy atom. The fourth-order valence-electron chi connectivity index (χ4n) is 3.04. The van der Waals surface area contributed by atoms with Crippen LogP contribution in [-0.4, -0.2) is 48.3 Å². The fraction of sp³-hybridized carbons (Fsp3) is 0.273. The molecule has 0 saturated heterocycles. The first-order valence-electron chi connectivity index (χ1n) is 9.26. The van der Waals surface area contributed by atoms with Crippen LogP contribution in [0.5, 0.6) is 0 Å². The zero-order valence-corrected chi connectivity index (χ0v) is 15.7. The maximum Gasteiger partial charge on any atom is 0.317 e. The Bertz CT molecular complexity index is 721. The van der Waals surface area contributed by atoms with Crippen LogP contribution >= 0.6 is 0 Å². The van der Waals surface area contributed by atoms with E-state index in [0.29, 0.717) is 25.9 Å². The molecule has 6 nitrogen and oxygen atoms in total. The van der Waals surface area contributed by atoms with Crippen molar-refractivity contribution in [2.24, 2.45) is 0 Å². The highest BCUT2D eigenvalue weighted by Crippen LogP contribution is 2.31. The van der Waals surface area contributed by atoms with Gasteiger partial charge in [0, 0.05) is 0 Å². The molecule has 0 aliphatic carbocycles. The van der Waals surface area contributed by atoms with E-state index in [1.165, 1.54) is 0 Å². The minimum atomic E-state index is -0.883. The molecule has 0 unspecified atom stereocenters. The molecule has 0 amide bonds. The van der Waals surface area contributed by atoms with Crippen LogP contribution in [0.2, 0.25) is 0 Å². The van der Waals surface area contributed by atoms with E-state index >= 15 is 0 Å². The molecule has 0 spiro atoms. The SMILES string of the molecule is O=C(O)CNCC/C(=C(/CCNCC(=O)O)c1ccccc1)c1ccccc1. The maximum absolute atomic E-state index is 10.8. The summed E-state index contributed by atoms with van der Waals surface area (Å²) in [4.78, 5) is 21.5. The first-order chi connectivity index (χ1) is 13.6. The van der Waals surface area contributed by atoms with E-state index in [2.05, 4.69) is 10.6 Å². The number of aliphatic carboxylic acids is 2. The van der Waals surface area contributed by atoms with Crippen molar-refractivity contribution in [1.82, 2.24) is 10.6 Å². The molecule has 0 fully saturated rings. The average molecular weight is 382 g/mol. The van der Waals surface area contributed by atoms with E-state index in [0.717, 1.165) is 22.3 Å². The second kappa shape index (κ2) is 11.7. The molecule has 2 aromatic carbocycles. The molecule has 4 N–H and O–H groups in total. The van der Waals surface area contributed by atoms with E-state index < -0.39 is 11.9 Å². The van der Waals surface area contributed by atoms with Gasteiger partial charge in [-0.1, -0.05) is 60.7 Å². The molecule has 0 heterocycles. The average Bonchev–Trinajstić information content (AvgIpc) is 2.70. The van der Waals surface area contributed by atoms with Crippen molar-refractivity contribution in [2.75, 3.05) is 26.2 Å². The highest BCUT2D eigenvalue weighted by atomic mass is 16.4. The fourth-order valence-corrected chi connectivity index (χ4v) is 3.04. The van der Waals surface area contributed by atoms with Crippen LogP contribution in [0.4, 0.5) is 0 Å². The summed E-state index contributed by atoms with van der Waals surface area (Å²) in [5.41, 5.74) is 4.41. The van der Waals surface area contributed by atoms with Gasteiger partial charge in [0.25, 0.3) is 0 Å². The van der Waals surface area contributed by atoms with Gasteiger partial charge in [0.15, 0.2) is 0 Å². The maximum atomic E-state index is 10.8. The zero-order valence-electron chi connectivity index (χ0n) is 15.7. The van der Waals surface area contributed by atoms with Gasteiger partial charge in [-0.15, -0.1) is 0 Å². The number of carbonyl (C=O) groups is 2. The van der Waals surface area contributed by atoms with Gasteiger partial charge < -0.3 is 20.8 Å². The molecular formula is C22H26N2O4. The number of rotatable bonds is 12. The molecule has 0 atom stereocenters. The predicted octanol–water partition coefficient (Wildman–Crippen LogP) is 2.73. The van der Waals surface area contributed by atoms with Crippen molar-refractivity contribution in [3.05, 3.63) is 71.8 Å². The molecule has 2 aromatic rings. The topological polar surface area (TPSA) is 98.7 Å². The lowest BCUT2D eigenvalue weighted by molar-refractivity contribution is -0.136. The third kappa shape index (κ3) is 7.34. The summed E-state index contributed by atoms with van der Waals surface area (Å²) in [5.74, 6) is -1.77. The van der Waals surface area contributed by atoms with Crippen LogP contribution in [0.25, 0.3) is 11.1 Å². The third-order valence-electron chi connectivity index (χ3n) is 4.26. The Kier molecular flexibility index (Phi) is 8.91. The Balaban J connectivity index is 2.31. The Labute approximate surface area is 164 Å². The number of hydrogen-bond donors (Lipinski definition) is 4. The summed E-state index contributed by atoms with van der Waals surface area (Å²) in [6.07, 6.45) is 1.33. The molecule has 0 aliphatic heterocycles. The van der Waals surface area contributed by atoms with Crippen molar-refractivity contribution in [3.8, 4) is 0 Å². The van der Waals surface area contributed by atoms with Gasteiger partial charge >= 0.3 is 11.9 Å². The summed E-state index contributed by atoms with van der Waals surface area (Å²) in [5, 5.41) is 23.6. The van der Waals surface area contributed by atoms with Crippen LogP contribution in [0.3, 0.4) is 0 Å². The van der Waals surface area contributed by atoms with Gasteiger partial charge in [-0.25, -0.2) is 0 Å². The summed E-state index contributed by atoms with van der Waals surface area (Å²) < 4.78 is 0. The van der Waals surface area contributed by atoms with E-state index in [1.807, 2.05) is 60.7 Å². The predicted molar refractivity (Wildman–Crippen MR) is 110 cm³/mol. The highest BCUT2D eigenvalue weighted by Gasteiger charge is 2.12. The minimum Gasteiger partial charge on any atom is -0.480 e. The van der Waals surface area contributed by atoms with Crippen LogP contribution in [0.15, 0.2) is 60.7 Å². The number of hydrogen-bond acceptors (Lipinski definition) is 4. The van der Waals surface area contributed by atoms with Gasteiger partial charge in [-0.2, -0.15) is 0 Å². The number of carboxylic acids is 2. The summed E-state index contributed by atoms with van der Waals surface area (Å²) in [6, 6.07) is 20.0. The second-order valence-electron chi connectivity index (χ2n) is 6.33. The molecular weight excluding hydrogens is 356 g/mol. The van der Waals surface area contributed by atoms with E-state index in [9.17, 15) is 9.59 Å². The molecule has 0 radical (unpaired) electrons. The summed E-state index contributed by atoms with van der Waals surface area (Å²) >= 11 is 0. The minimum absolute atomic E-state index is 0.0804. The largest absolute Gasteiger partial charge is 0.480 e. The molecule has 2 rings (SSSR count). The van der Waals surface area contributed by atoms with Gasteiger partial charge in [-0.05, 0) is 48.2 Å². The third-order valence-corrected chi connectivity index (χ3v) is 4.26. The molecule has 148 valence electrons. The molecule has 0 aliphatic rings. The normalized spacial score (nSPS) is 11.7. The lowest BCUT2D eigenvalue weighted by Crippen LogP contribution is -2.24. The monoisotopic (exact) mass is 382 g/mol. The number of nitrogens with one attached hydrogen (secondary N) is 2. The first kappa shape index (κ1) is 21.3. The summed E-state index contributed by atoms with van der Waals surface area (Å²) in [6.45, 7) is 0.913. The van der Waals surface area contributed by atoms with E-state index in [-0.39, 0.29) is 13.1 Å². The van der Waals surface area contributed by atoms with Crippen LogP contribution in [0.1, 0.15) is 24.0 Å². The smallest absolute Gasteiger partial charge is 0.317 e. The van der Waals surface area contributed by atoms with Crippen LogP contribution in [0, 0.1) is 0 Å². The lowest BCUT2D eigenvalue weighted by Gasteiger charge is -2.17. The Hall–Kier alpha value is -2.96. The molecule has 0 bridgehead atoms. The van der Waals surface area contributed by atoms with Gasteiger partial charge in [0.1, 0.15) is 0 Å². The van der Waals surface area contributed by atoms with Crippen molar-refractivity contribution in [3.63, 3.8) is 0 Å². The number of carboxylic acid groups (broad SMARTS) is 2. The molecule has 0 aromatic heterocycles. The second-order valence-corrected chi connectivity index (χ2v) is 6.33. The quantitative estimate of drug-likeness (QED) is 0.333. The number of benzene rings is 2. The van der Waals surface area contributed by atoms with Crippen molar-refractivity contribution in [2.45, 2.75) is 12.8 Å². The Morgan fingerprint density at radius 3 is 1.32 bits per heavy atom. The molecule has 6 heteroatoms. The Morgan fingerprint density at radius 1 is 0.643 bits per heavy atom. The van der Waals surface area contributed by atoms with E-state index in [4.69, 9.17) is 10.2 Å². The van der Waals surface area contributed by atoms with Crippen LogP contribution < -0.4 is 10.6 Å². The lowest BCUT2D eigenvalue weighted by atomic mass is 9.90. The summed E-state index contributed by atoms with van der Waals surface area (Å²) in [7, 11) is 0. The standard InChI is InChI=1S/C22H26N2O4/c25-21(26)15-23-13-11-19(17-7-3-1-4-8-17)20(12-14-24-16-22(27)28)18-9-5-2-6-10-18/h1-10,23-24H,11-16H2,(H,25,26)(H,27,28)/b20-19+. The van der Waals surface area contributed by atoms with Crippen molar-refractivity contribution < 1.29 is 19.8 Å². The van der Waals surface area contributed by atoms with Crippen molar-refractivity contribution >= 4 is 23.1 Å². The highest BCUT2D eigenvalue weighted by molar-refractivity contribution is 5.91. The van der Waals surface area contributed by atoms with Gasteiger partial charge in [-0.3, -0.25) is 9.59 Å². The zero-order chi connectivity index (χ0) is 20.2. The van der Waals surface area contributed by atoms with E-state index in [1.54, 1.807) is 0 Å². The first-order valence-corrected chi connectivity index (χ1v) is 9.26. The molecule has 0 saturated carbocycles. The van der Waals surface area contributed by atoms with Gasteiger partial charge in [0.05, 0.1) is 13.1 Å². The van der Waals surface area contributed by atoms with Crippen molar-refractivity contribution in [1.29, 1.82) is 0 Å². The van der Waals surface area contributed by atoms with Crippen LogP contribution in [-0.2, 0) is 9.59 Å².